The van der Waals surface area contributed by atoms with E-state index in [9.17, 15) is 5.11 Å². The predicted octanol–water partition coefficient (Wildman–Crippen LogP) is 3.19. The first-order valence-electron chi connectivity index (χ1n) is 8.18. The molecule has 1 heterocycles. The number of hydrogen-bond acceptors (Lipinski definition) is 3. The van der Waals surface area contributed by atoms with Gasteiger partial charge in [0.05, 0.1) is 0 Å². The van der Waals surface area contributed by atoms with Gasteiger partial charge < -0.3 is 10.8 Å². The van der Waals surface area contributed by atoms with Gasteiger partial charge in [-0.1, -0.05) is 32.9 Å². The molecule has 1 aliphatic heterocycles. The lowest BCUT2D eigenvalue weighted by Gasteiger charge is -2.44. The van der Waals surface area contributed by atoms with Gasteiger partial charge in [0.15, 0.2) is 0 Å². The van der Waals surface area contributed by atoms with Gasteiger partial charge in [-0.3, -0.25) is 4.90 Å². The number of aromatic hydroxyl groups is 1. The van der Waals surface area contributed by atoms with Gasteiger partial charge in [-0.25, -0.2) is 0 Å². The van der Waals surface area contributed by atoms with Gasteiger partial charge in [-0.2, -0.15) is 0 Å². The fraction of sp³-hybridized carbons (Fsp3) is 0.667. The van der Waals surface area contributed by atoms with E-state index in [0.717, 1.165) is 19.5 Å². The number of benzene rings is 1. The molecule has 1 aromatic carbocycles. The minimum atomic E-state index is 0.247. The summed E-state index contributed by atoms with van der Waals surface area (Å²) >= 11 is 0. The average Bonchev–Trinajstić information content (AvgIpc) is 2.44. The molecule has 118 valence electrons. The third-order valence-corrected chi connectivity index (χ3v) is 5.30. The molecule has 1 fully saturated rings. The molecular formula is C18H30N2O. The molecule has 0 aliphatic carbocycles. The summed E-state index contributed by atoms with van der Waals surface area (Å²) in [5.74, 6) is 1.99. The first-order valence-corrected chi connectivity index (χ1v) is 8.18. The molecule has 1 saturated heterocycles. The molecule has 1 unspecified atom stereocenters. The molecule has 0 bridgehead atoms. The normalized spacial score (nSPS) is 28.8. The van der Waals surface area contributed by atoms with Gasteiger partial charge in [-0.15, -0.1) is 0 Å². The Labute approximate surface area is 129 Å². The number of nitrogens with zero attached hydrogens (tertiary/aromatic N) is 1. The van der Waals surface area contributed by atoms with E-state index in [0.29, 0.717) is 29.5 Å². The first-order chi connectivity index (χ1) is 9.90. The molecule has 2 rings (SSSR count). The molecule has 0 aromatic heterocycles. The first kappa shape index (κ1) is 16.3. The second-order valence-electron chi connectivity index (χ2n) is 6.99. The van der Waals surface area contributed by atoms with Crippen LogP contribution in [0.3, 0.4) is 0 Å². The summed E-state index contributed by atoms with van der Waals surface area (Å²) in [5.41, 5.74) is 7.51. The van der Waals surface area contributed by atoms with Crippen LogP contribution in [0.4, 0.5) is 0 Å². The Morgan fingerprint density at radius 1 is 1.33 bits per heavy atom. The molecule has 3 N–H and O–H groups in total. The maximum absolute atomic E-state index is 9.70. The van der Waals surface area contributed by atoms with Crippen molar-refractivity contribution >= 4 is 0 Å². The van der Waals surface area contributed by atoms with E-state index in [1.165, 1.54) is 5.56 Å². The van der Waals surface area contributed by atoms with Crippen molar-refractivity contribution in [2.45, 2.75) is 52.1 Å². The molecule has 0 amide bonds. The molecule has 3 heteroatoms. The molecule has 21 heavy (non-hydrogen) atoms. The van der Waals surface area contributed by atoms with Crippen molar-refractivity contribution < 1.29 is 5.11 Å². The van der Waals surface area contributed by atoms with E-state index in [-0.39, 0.29) is 6.04 Å². The second kappa shape index (κ2) is 6.80. The van der Waals surface area contributed by atoms with Crippen molar-refractivity contribution in [3.8, 4) is 5.75 Å². The lowest BCUT2D eigenvalue weighted by atomic mass is 9.77. The highest BCUT2D eigenvalue weighted by atomic mass is 16.3. The molecular weight excluding hydrogens is 260 g/mol. The number of phenols is 1. The van der Waals surface area contributed by atoms with Crippen molar-refractivity contribution in [2.75, 3.05) is 13.1 Å². The Kier molecular flexibility index (Phi) is 5.28. The Balaban J connectivity index is 2.05. The van der Waals surface area contributed by atoms with Crippen LogP contribution in [0, 0.1) is 11.8 Å². The van der Waals surface area contributed by atoms with Crippen molar-refractivity contribution in [1.82, 2.24) is 4.90 Å². The zero-order valence-corrected chi connectivity index (χ0v) is 13.8. The maximum Gasteiger partial charge on any atom is 0.115 e. The van der Waals surface area contributed by atoms with E-state index >= 15 is 0 Å². The van der Waals surface area contributed by atoms with Gasteiger partial charge in [0.2, 0.25) is 0 Å². The summed E-state index contributed by atoms with van der Waals surface area (Å²) in [6.07, 6.45) is 1.14. The molecule has 0 spiro atoms. The zero-order valence-electron chi connectivity index (χ0n) is 13.8. The SMILES string of the molecule is CC(C)[C@@H](N)CN1CC[C@@H](c2cccc(O)c2)[C@@H](C)C1C. The highest BCUT2D eigenvalue weighted by Crippen LogP contribution is 2.37. The number of likely N-dealkylation sites (tertiary alicyclic amines) is 1. The predicted molar refractivity (Wildman–Crippen MR) is 88.5 cm³/mol. The summed E-state index contributed by atoms with van der Waals surface area (Å²) in [6.45, 7) is 11.1. The topological polar surface area (TPSA) is 49.5 Å². The van der Waals surface area contributed by atoms with Crippen LogP contribution in [-0.2, 0) is 0 Å². The molecule has 0 saturated carbocycles. The summed E-state index contributed by atoms with van der Waals surface area (Å²) in [5, 5.41) is 9.70. The number of phenolic OH excluding ortho intramolecular Hbond substituents is 1. The largest absolute Gasteiger partial charge is 0.508 e. The molecule has 3 nitrogen and oxygen atoms in total. The van der Waals surface area contributed by atoms with Gasteiger partial charge in [0.25, 0.3) is 0 Å². The fourth-order valence-electron chi connectivity index (χ4n) is 3.40. The maximum atomic E-state index is 9.70. The van der Waals surface area contributed by atoms with Crippen LogP contribution in [0.1, 0.15) is 45.6 Å². The van der Waals surface area contributed by atoms with Crippen molar-refractivity contribution in [3.05, 3.63) is 29.8 Å². The highest BCUT2D eigenvalue weighted by molar-refractivity contribution is 5.30. The Morgan fingerprint density at radius 3 is 2.67 bits per heavy atom. The number of nitrogens with two attached hydrogens (primary N) is 1. The monoisotopic (exact) mass is 290 g/mol. The van der Waals surface area contributed by atoms with Crippen molar-refractivity contribution in [1.29, 1.82) is 0 Å². The van der Waals surface area contributed by atoms with Gasteiger partial charge in [0.1, 0.15) is 5.75 Å². The summed E-state index contributed by atoms with van der Waals surface area (Å²) in [6, 6.07) is 8.53. The number of piperidine rings is 1. The molecule has 0 radical (unpaired) electrons. The van der Waals surface area contributed by atoms with Crippen LogP contribution in [0.5, 0.6) is 5.75 Å². The van der Waals surface area contributed by atoms with Crippen LogP contribution in [0.15, 0.2) is 24.3 Å². The number of hydrogen-bond donors (Lipinski definition) is 2. The quantitative estimate of drug-likeness (QED) is 0.895. The summed E-state index contributed by atoms with van der Waals surface area (Å²) < 4.78 is 0. The van der Waals surface area contributed by atoms with Crippen molar-refractivity contribution in [2.24, 2.45) is 17.6 Å². The summed E-state index contributed by atoms with van der Waals surface area (Å²) in [7, 11) is 0. The Hall–Kier alpha value is -1.06. The minimum Gasteiger partial charge on any atom is -0.508 e. The molecule has 4 atom stereocenters. The van der Waals surface area contributed by atoms with E-state index in [1.54, 1.807) is 6.07 Å². The lowest BCUT2D eigenvalue weighted by Crippen LogP contribution is -2.51. The molecule has 1 aliphatic rings. The van der Waals surface area contributed by atoms with Crippen LogP contribution in [0.25, 0.3) is 0 Å². The van der Waals surface area contributed by atoms with Crippen LogP contribution in [0.2, 0.25) is 0 Å². The third-order valence-electron chi connectivity index (χ3n) is 5.30. The summed E-state index contributed by atoms with van der Waals surface area (Å²) in [4.78, 5) is 2.54. The van der Waals surface area contributed by atoms with Crippen LogP contribution < -0.4 is 5.73 Å². The van der Waals surface area contributed by atoms with Crippen molar-refractivity contribution in [3.63, 3.8) is 0 Å². The fourth-order valence-corrected chi connectivity index (χ4v) is 3.40. The van der Waals surface area contributed by atoms with E-state index < -0.39 is 0 Å². The standard InChI is InChI=1S/C18H30N2O/c1-12(2)18(19)11-20-9-8-17(13(3)14(20)4)15-6-5-7-16(21)10-15/h5-7,10,12-14,17-18,21H,8-9,11,19H2,1-4H3/t13-,14?,17+,18-/m0/s1. The minimum absolute atomic E-state index is 0.247. The number of rotatable bonds is 4. The zero-order chi connectivity index (χ0) is 15.6. The van der Waals surface area contributed by atoms with Gasteiger partial charge in [-0.05, 0) is 55.3 Å². The van der Waals surface area contributed by atoms with E-state index in [1.807, 2.05) is 12.1 Å². The second-order valence-corrected chi connectivity index (χ2v) is 6.99. The Bertz CT molecular complexity index is 460. The smallest absolute Gasteiger partial charge is 0.115 e. The highest BCUT2D eigenvalue weighted by Gasteiger charge is 2.34. The average molecular weight is 290 g/mol. The lowest BCUT2D eigenvalue weighted by molar-refractivity contribution is 0.0850. The van der Waals surface area contributed by atoms with E-state index in [2.05, 4.69) is 38.7 Å². The van der Waals surface area contributed by atoms with Crippen LogP contribution in [-0.4, -0.2) is 35.2 Å². The van der Waals surface area contributed by atoms with Gasteiger partial charge in [0, 0.05) is 18.6 Å². The van der Waals surface area contributed by atoms with Crippen LogP contribution >= 0.6 is 0 Å². The third kappa shape index (κ3) is 3.78. The Morgan fingerprint density at radius 2 is 2.05 bits per heavy atom. The van der Waals surface area contributed by atoms with E-state index in [4.69, 9.17) is 5.73 Å². The van der Waals surface area contributed by atoms with Gasteiger partial charge >= 0.3 is 0 Å². The molecule has 1 aromatic rings.